The van der Waals surface area contributed by atoms with Crippen LogP contribution in [-0.4, -0.2) is 126 Å². The Bertz CT molecular complexity index is 2950. The molecule has 0 spiro atoms. The fraction of sp³-hybridized carbons (Fsp3) is 0.404. The van der Waals surface area contributed by atoms with Crippen molar-refractivity contribution in [1.29, 1.82) is 0 Å². The number of imidazole rings is 1. The van der Waals surface area contributed by atoms with Crippen LogP contribution in [0.4, 0.5) is 5.82 Å². The van der Waals surface area contributed by atoms with Crippen LogP contribution >= 0.6 is 0 Å². The minimum atomic E-state index is -3.48. The minimum absolute atomic E-state index is 0.0895. The van der Waals surface area contributed by atoms with Crippen molar-refractivity contribution in [3.63, 3.8) is 0 Å². The Morgan fingerprint density at radius 2 is 1.65 bits per heavy atom. The Balaban J connectivity index is 0.727. The average Bonchev–Trinajstić information content (AvgIpc) is 3.55. The number of fused-ring (bicyclic) bond motifs is 2. The molecule has 0 aliphatic carbocycles. The summed E-state index contributed by atoms with van der Waals surface area (Å²) in [7, 11) is -1.78. The lowest BCUT2D eigenvalue weighted by Crippen LogP contribution is -2.47. The summed E-state index contributed by atoms with van der Waals surface area (Å²) in [6.07, 6.45) is 5.86. The summed E-state index contributed by atoms with van der Waals surface area (Å²) >= 11 is 0. The third-order valence-corrected chi connectivity index (χ3v) is 13.3. The molecule has 346 valence electrons. The van der Waals surface area contributed by atoms with Crippen LogP contribution in [0.5, 0.6) is 0 Å². The highest BCUT2D eigenvalue weighted by atomic mass is 32.2. The molecule has 1 unspecified atom stereocenters. The molecule has 1 atom stereocenters. The molecule has 2 N–H and O–H groups in total. The number of hydrogen-bond donors (Lipinski definition) is 2. The number of benzene rings is 2. The summed E-state index contributed by atoms with van der Waals surface area (Å²) in [4.78, 5) is 64.4. The van der Waals surface area contributed by atoms with Gasteiger partial charge in [0.2, 0.25) is 11.8 Å². The second-order valence-corrected chi connectivity index (χ2v) is 18.8. The Morgan fingerprint density at radius 1 is 0.864 bits per heavy atom. The van der Waals surface area contributed by atoms with Crippen molar-refractivity contribution in [2.24, 2.45) is 7.05 Å². The molecule has 0 bridgehead atoms. The highest BCUT2D eigenvalue weighted by molar-refractivity contribution is 7.90. The fourth-order valence-electron chi connectivity index (χ4n) is 8.41. The summed E-state index contributed by atoms with van der Waals surface area (Å²) in [5.74, 6) is -0.287. The fourth-order valence-corrected chi connectivity index (χ4v) is 9.40. The van der Waals surface area contributed by atoms with Gasteiger partial charge in [0.15, 0.2) is 9.84 Å². The van der Waals surface area contributed by atoms with Crippen LogP contribution in [0.15, 0.2) is 82.6 Å². The van der Waals surface area contributed by atoms with Crippen LogP contribution in [0.25, 0.3) is 33.3 Å². The lowest BCUT2D eigenvalue weighted by atomic mass is 10.1. The van der Waals surface area contributed by atoms with Crippen LogP contribution in [0, 0.1) is 6.92 Å². The molecule has 4 aromatic heterocycles. The summed E-state index contributed by atoms with van der Waals surface area (Å²) in [5.41, 5.74) is 6.50. The molecule has 2 fully saturated rings. The van der Waals surface area contributed by atoms with Gasteiger partial charge in [-0.25, -0.2) is 23.2 Å². The SMILES string of the molecule is Cc1ccc(C(=O)NCc2cc3nc(-c4ccnc(N5CCN(CCOCCCOCCCc6ccc7c(c6)n(C)c(=O)n7C6CCC(=O)NC6=O)CC5)c4)ccc3nn2)cc1S(C)(=O)=O. The van der Waals surface area contributed by atoms with Crippen LogP contribution in [0.2, 0.25) is 0 Å². The van der Waals surface area contributed by atoms with Gasteiger partial charge in [0.25, 0.3) is 5.91 Å². The molecule has 2 aromatic carbocycles. The smallest absolute Gasteiger partial charge is 0.329 e. The van der Waals surface area contributed by atoms with Gasteiger partial charge in [-0.2, -0.15) is 5.10 Å². The maximum atomic E-state index is 13.0. The zero-order chi connectivity index (χ0) is 46.4. The van der Waals surface area contributed by atoms with Crippen molar-refractivity contribution in [2.45, 2.75) is 56.5 Å². The van der Waals surface area contributed by atoms with E-state index in [0.717, 1.165) is 86.4 Å². The topological polar surface area (TPSA) is 213 Å². The molecule has 2 aliphatic heterocycles. The summed E-state index contributed by atoms with van der Waals surface area (Å²) in [6, 6.07) is 19.3. The second kappa shape index (κ2) is 20.4. The van der Waals surface area contributed by atoms with E-state index in [2.05, 4.69) is 35.6 Å². The number of rotatable bonds is 18. The third-order valence-electron chi connectivity index (χ3n) is 12.1. The van der Waals surface area contributed by atoms with Gasteiger partial charge in [-0.1, -0.05) is 12.1 Å². The number of imide groups is 1. The standard InChI is InChI=1S/C47H54N10O8S/c1-31-7-9-34(27-42(31)66(3,62)63)45(59)49-30-35-29-38-37(53-52-35)11-10-36(50-38)33-15-16-48-43(28-33)56-19-17-55(18-20-56)21-25-65-24-5-23-64-22-4-6-32-8-12-39-41(26-32)54(2)47(61)57(39)40-13-14-44(58)51-46(40)60/h7-12,15-16,26-29,40H,4-6,13-14,17-25,30H2,1-3H3,(H,49,59)(H,51,58,60). The lowest BCUT2D eigenvalue weighted by molar-refractivity contribution is -0.135. The number of pyridine rings is 2. The van der Waals surface area contributed by atoms with E-state index in [1.807, 2.05) is 42.5 Å². The second-order valence-electron chi connectivity index (χ2n) is 16.8. The minimum Gasteiger partial charge on any atom is -0.381 e. The van der Waals surface area contributed by atoms with Crippen molar-refractivity contribution < 1.29 is 32.3 Å². The molecule has 18 nitrogen and oxygen atoms in total. The molecule has 3 amide bonds. The molecule has 66 heavy (non-hydrogen) atoms. The van der Waals surface area contributed by atoms with E-state index >= 15 is 0 Å². The monoisotopic (exact) mass is 918 g/mol. The Morgan fingerprint density at radius 3 is 2.44 bits per heavy atom. The Hall–Kier alpha value is -6.41. The highest BCUT2D eigenvalue weighted by Gasteiger charge is 2.31. The van der Waals surface area contributed by atoms with Crippen molar-refractivity contribution in [1.82, 2.24) is 44.8 Å². The molecule has 6 aromatic rings. The van der Waals surface area contributed by atoms with Crippen LogP contribution in [0.1, 0.15) is 58.9 Å². The van der Waals surface area contributed by atoms with Gasteiger partial charge in [0.1, 0.15) is 17.4 Å². The number of ether oxygens (including phenoxy) is 2. The first-order valence-corrected chi connectivity index (χ1v) is 24.1. The first-order valence-electron chi connectivity index (χ1n) is 22.2. The molecular formula is C47H54N10O8S. The maximum absolute atomic E-state index is 13.0. The van der Waals surface area contributed by atoms with Crippen LogP contribution < -0.4 is 21.2 Å². The Labute approximate surface area is 382 Å². The number of piperazine rings is 1. The van der Waals surface area contributed by atoms with Crippen molar-refractivity contribution in [3.8, 4) is 11.3 Å². The normalized spacial score (nSPS) is 16.0. The number of nitrogens with zero attached hydrogens (tertiary/aromatic N) is 8. The summed E-state index contributed by atoms with van der Waals surface area (Å²) < 4.78 is 39.2. The molecule has 19 heteroatoms. The lowest BCUT2D eigenvalue weighted by Gasteiger charge is -2.35. The molecule has 2 saturated heterocycles. The maximum Gasteiger partial charge on any atom is 0.329 e. The van der Waals surface area contributed by atoms with Gasteiger partial charge < -0.3 is 19.7 Å². The first-order chi connectivity index (χ1) is 31.8. The number of carbonyl (C=O) groups excluding carboxylic acids is 3. The number of sulfone groups is 1. The number of carbonyl (C=O) groups is 3. The Kier molecular flexibility index (Phi) is 14.3. The van der Waals surface area contributed by atoms with E-state index in [0.29, 0.717) is 60.7 Å². The van der Waals surface area contributed by atoms with Crippen LogP contribution in [-0.2, 0) is 48.9 Å². The van der Waals surface area contributed by atoms with E-state index in [9.17, 15) is 27.6 Å². The predicted octanol–water partition coefficient (Wildman–Crippen LogP) is 3.54. The van der Waals surface area contributed by atoms with E-state index in [1.54, 1.807) is 42.9 Å². The van der Waals surface area contributed by atoms with Gasteiger partial charge in [-0.15, -0.1) is 5.10 Å². The van der Waals surface area contributed by atoms with E-state index < -0.39 is 27.7 Å². The van der Waals surface area contributed by atoms with Gasteiger partial charge in [-0.05, 0) is 98.3 Å². The number of piperidine rings is 1. The molecule has 2 aliphatic rings. The quantitative estimate of drug-likeness (QED) is 0.0933. The number of nitrogens with one attached hydrogen (secondary N) is 2. The molecule has 8 rings (SSSR count). The third kappa shape index (κ3) is 10.8. The zero-order valence-corrected chi connectivity index (χ0v) is 38.2. The van der Waals surface area contributed by atoms with Gasteiger partial charge in [0, 0.05) is 89.6 Å². The van der Waals surface area contributed by atoms with Gasteiger partial charge >= 0.3 is 5.69 Å². The largest absolute Gasteiger partial charge is 0.381 e. The van der Waals surface area contributed by atoms with E-state index in [-0.39, 0.29) is 35.0 Å². The van der Waals surface area contributed by atoms with Crippen molar-refractivity contribution in [3.05, 3.63) is 106 Å². The zero-order valence-electron chi connectivity index (χ0n) is 37.4. The molecule has 6 heterocycles. The van der Waals surface area contributed by atoms with Gasteiger partial charge in [0.05, 0.1) is 46.0 Å². The van der Waals surface area contributed by atoms with Crippen LogP contribution in [0.3, 0.4) is 0 Å². The number of hydrogen-bond acceptors (Lipinski definition) is 14. The van der Waals surface area contributed by atoms with Crippen molar-refractivity contribution in [2.75, 3.05) is 70.3 Å². The van der Waals surface area contributed by atoms with Crippen molar-refractivity contribution >= 4 is 55.4 Å². The predicted molar refractivity (Wildman–Crippen MR) is 248 cm³/mol. The number of anilines is 1. The molecular weight excluding hydrogens is 865 g/mol. The summed E-state index contributed by atoms with van der Waals surface area (Å²) in [5, 5.41) is 13.7. The molecule has 0 saturated carbocycles. The van der Waals surface area contributed by atoms with Gasteiger partial charge in [-0.3, -0.25) is 33.7 Å². The summed E-state index contributed by atoms with van der Waals surface area (Å²) in [6.45, 7) is 8.58. The number of amides is 3. The average molecular weight is 919 g/mol. The first kappa shape index (κ1) is 46.1. The number of aromatic nitrogens is 6. The van der Waals surface area contributed by atoms with E-state index in [1.165, 1.54) is 10.6 Å². The highest BCUT2D eigenvalue weighted by Crippen LogP contribution is 2.26. The van der Waals surface area contributed by atoms with E-state index in [4.69, 9.17) is 14.5 Å². The number of aryl methyl sites for hydroxylation is 3. The molecule has 0 radical (unpaired) electrons.